The van der Waals surface area contributed by atoms with Gasteiger partial charge in [0.1, 0.15) is 6.33 Å². The lowest BCUT2D eigenvalue weighted by atomic mass is 10.1. The van der Waals surface area contributed by atoms with Gasteiger partial charge in [-0.15, -0.1) is 0 Å². The van der Waals surface area contributed by atoms with E-state index < -0.39 is 0 Å². The minimum atomic E-state index is 0.435. The van der Waals surface area contributed by atoms with E-state index in [0.29, 0.717) is 12.7 Å². The van der Waals surface area contributed by atoms with Gasteiger partial charge >= 0.3 is 0 Å². The molecule has 0 saturated carbocycles. The van der Waals surface area contributed by atoms with Crippen molar-refractivity contribution in [3.8, 4) is 5.69 Å². The summed E-state index contributed by atoms with van der Waals surface area (Å²) in [6.45, 7) is 0.692. The first-order chi connectivity index (χ1) is 11.7. The van der Waals surface area contributed by atoms with Gasteiger partial charge in [-0.2, -0.15) is 5.10 Å². The lowest BCUT2D eigenvalue weighted by molar-refractivity contribution is 0.182. The second-order valence-corrected chi connectivity index (χ2v) is 6.64. The van der Waals surface area contributed by atoms with Gasteiger partial charge in [-0.05, 0) is 55.4 Å². The van der Waals surface area contributed by atoms with E-state index in [1.807, 2.05) is 39.6 Å². The molecule has 4 rings (SSSR count). The molecule has 3 aromatic rings. The molecule has 0 spiro atoms. The molecule has 1 aliphatic carbocycles. The summed E-state index contributed by atoms with van der Waals surface area (Å²) >= 11 is 5.62. The summed E-state index contributed by atoms with van der Waals surface area (Å²) in [5.74, 6) is 0. The summed E-state index contributed by atoms with van der Waals surface area (Å²) in [5.41, 5.74) is 3.95. The van der Waals surface area contributed by atoms with Crippen molar-refractivity contribution in [3.05, 3.63) is 76.8 Å². The van der Waals surface area contributed by atoms with E-state index in [1.165, 1.54) is 11.1 Å². The Kier molecular flexibility index (Phi) is 4.04. The van der Waals surface area contributed by atoms with Crippen LogP contribution in [0, 0.1) is 4.77 Å². The summed E-state index contributed by atoms with van der Waals surface area (Å²) in [7, 11) is 2.15. The minimum absolute atomic E-state index is 0.435. The second-order valence-electron chi connectivity index (χ2n) is 6.27. The predicted octanol–water partition coefficient (Wildman–Crippen LogP) is 3.98. The largest absolute Gasteiger partial charge is 0.280 e. The van der Waals surface area contributed by atoms with Crippen molar-refractivity contribution in [1.82, 2.24) is 19.2 Å². The molecule has 24 heavy (non-hydrogen) atoms. The van der Waals surface area contributed by atoms with Crippen LogP contribution in [0.4, 0.5) is 0 Å². The number of nitrogens with zero attached hydrogens (tertiary/aromatic N) is 4. The molecular weight excluding hydrogens is 316 g/mol. The van der Waals surface area contributed by atoms with Crippen LogP contribution < -0.4 is 0 Å². The van der Waals surface area contributed by atoms with Crippen molar-refractivity contribution < 1.29 is 0 Å². The van der Waals surface area contributed by atoms with Gasteiger partial charge in [0.25, 0.3) is 0 Å². The fourth-order valence-electron chi connectivity index (χ4n) is 3.50. The summed E-state index contributed by atoms with van der Waals surface area (Å²) in [4.78, 5) is 2.34. The smallest absolute Gasteiger partial charge is 0.203 e. The SMILES string of the molecule is CN(Cn1ncn(-c2ccccc2)c1=S)C1CCc2ccccc21. The Morgan fingerprint density at radius 2 is 1.88 bits per heavy atom. The van der Waals surface area contributed by atoms with Crippen LogP contribution in [0.1, 0.15) is 23.6 Å². The van der Waals surface area contributed by atoms with E-state index >= 15 is 0 Å². The highest BCUT2D eigenvalue weighted by Crippen LogP contribution is 2.34. The quantitative estimate of drug-likeness (QED) is 0.674. The summed E-state index contributed by atoms with van der Waals surface area (Å²) in [6, 6.07) is 19.3. The number of benzene rings is 2. The maximum atomic E-state index is 5.62. The van der Waals surface area contributed by atoms with E-state index in [4.69, 9.17) is 12.2 Å². The monoisotopic (exact) mass is 336 g/mol. The molecule has 1 heterocycles. The van der Waals surface area contributed by atoms with Crippen molar-refractivity contribution in [3.63, 3.8) is 0 Å². The standard InChI is InChI=1S/C19H20N4S/c1-21(18-12-11-15-7-5-6-10-17(15)18)14-23-19(24)22(13-20-23)16-8-3-2-4-9-16/h2-10,13,18H,11-12,14H2,1H3. The molecule has 1 aliphatic rings. The Bertz CT molecular complexity index is 897. The molecule has 2 aromatic carbocycles. The Hall–Kier alpha value is -2.24. The first kappa shape index (κ1) is 15.3. The van der Waals surface area contributed by atoms with Crippen LogP contribution in [0.2, 0.25) is 0 Å². The molecule has 1 atom stereocenters. The zero-order valence-electron chi connectivity index (χ0n) is 13.7. The molecule has 0 radical (unpaired) electrons. The fourth-order valence-corrected chi connectivity index (χ4v) is 3.76. The molecule has 122 valence electrons. The molecule has 0 aliphatic heterocycles. The van der Waals surface area contributed by atoms with Crippen molar-refractivity contribution in [2.24, 2.45) is 0 Å². The Labute approximate surface area is 147 Å². The first-order valence-electron chi connectivity index (χ1n) is 8.22. The molecular formula is C19H20N4S. The zero-order valence-corrected chi connectivity index (χ0v) is 14.5. The second kappa shape index (κ2) is 6.34. The van der Waals surface area contributed by atoms with Gasteiger partial charge in [-0.25, -0.2) is 4.68 Å². The van der Waals surface area contributed by atoms with Crippen molar-refractivity contribution in [2.75, 3.05) is 7.05 Å². The molecule has 1 unspecified atom stereocenters. The van der Waals surface area contributed by atoms with Crippen LogP contribution in [0.25, 0.3) is 5.69 Å². The number of aryl methyl sites for hydroxylation is 1. The Morgan fingerprint density at radius 3 is 2.71 bits per heavy atom. The van der Waals surface area contributed by atoms with Crippen LogP contribution in [-0.4, -0.2) is 26.3 Å². The molecule has 5 heteroatoms. The lowest BCUT2D eigenvalue weighted by Gasteiger charge is -2.24. The minimum Gasteiger partial charge on any atom is -0.280 e. The van der Waals surface area contributed by atoms with E-state index in [2.05, 4.69) is 41.3 Å². The molecule has 0 fully saturated rings. The van der Waals surface area contributed by atoms with E-state index in [0.717, 1.165) is 23.3 Å². The van der Waals surface area contributed by atoms with Gasteiger partial charge in [0.2, 0.25) is 4.77 Å². The third-order valence-corrected chi connectivity index (χ3v) is 5.17. The van der Waals surface area contributed by atoms with Crippen LogP contribution in [0.3, 0.4) is 0 Å². The van der Waals surface area contributed by atoms with Crippen molar-refractivity contribution in [2.45, 2.75) is 25.6 Å². The van der Waals surface area contributed by atoms with E-state index in [-0.39, 0.29) is 0 Å². The lowest BCUT2D eigenvalue weighted by Crippen LogP contribution is -2.26. The van der Waals surface area contributed by atoms with Crippen molar-refractivity contribution in [1.29, 1.82) is 0 Å². The molecule has 0 amide bonds. The van der Waals surface area contributed by atoms with Crippen LogP contribution in [0.5, 0.6) is 0 Å². The highest BCUT2D eigenvalue weighted by molar-refractivity contribution is 7.71. The first-order valence-corrected chi connectivity index (χ1v) is 8.63. The van der Waals surface area contributed by atoms with Crippen LogP contribution in [-0.2, 0) is 13.1 Å². The number of para-hydroxylation sites is 1. The maximum Gasteiger partial charge on any atom is 0.203 e. The van der Waals surface area contributed by atoms with Gasteiger partial charge in [-0.3, -0.25) is 9.47 Å². The van der Waals surface area contributed by atoms with Gasteiger partial charge in [0.05, 0.1) is 6.67 Å². The third kappa shape index (κ3) is 2.70. The Morgan fingerprint density at radius 1 is 1.12 bits per heavy atom. The van der Waals surface area contributed by atoms with Crippen molar-refractivity contribution >= 4 is 12.2 Å². The van der Waals surface area contributed by atoms with Gasteiger partial charge in [-0.1, -0.05) is 42.5 Å². The topological polar surface area (TPSA) is 26.0 Å². The van der Waals surface area contributed by atoms with Gasteiger partial charge in [0.15, 0.2) is 0 Å². The number of rotatable bonds is 4. The predicted molar refractivity (Wildman–Crippen MR) is 97.7 cm³/mol. The van der Waals surface area contributed by atoms with E-state index in [9.17, 15) is 0 Å². The number of aromatic nitrogens is 3. The maximum absolute atomic E-state index is 5.62. The van der Waals surface area contributed by atoms with Gasteiger partial charge in [0, 0.05) is 11.7 Å². The normalized spacial score (nSPS) is 16.5. The Balaban J connectivity index is 1.57. The zero-order chi connectivity index (χ0) is 16.5. The molecule has 0 N–H and O–H groups in total. The highest BCUT2D eigenvalue weighted by Gasteiger charge is 2.25. The number of hydrogen-bond donors (Lipinski definition) is 0. The van der Waals surface area contributed by atoms with Crippen LogP contribution >= 0.6 is 12.2 Å². The number of hydrogen-bond acceptors (Lipinski definition) is 3. The molecule has 4 nitrogen and oxygen atoms in total. The summed E-state index contributed by atoms with van der Waals surface area (Å²) < 4.78 is 4.56. The molecule has 0 saturated heterocycles. The average molecular weight is 336 g/mol. The van der Waals surface area contributed by atoms with Gasteiger partial charge < -0.3 is 0 Å². The van der Waals surface area contributed by atoms with E-state index in [1.54, 1.807) is 6.33 Å². The third-order valence-electron chi connectivity index (χ3n) is 4.76. The summed E-state index contributed by atoms with van der Waals surface area (Å²) in [6.07, 6.45) is 4.10. The fraction of sp³-hybridized carbons (Fsp3) is 0.263. The number of fused-ring (bicyclic) bond motifs is 1. The molecule has 0 bridgehead atoms. The summed E-state index contributed by atoms with van der Waals surface area (Å²) in [5, 5.41) is 4.49. The molecule has 1 aromatic heterocycles. The van der Waals surface area contributed by atoms with Crippen LogP contribution in [0.15, 0.2) is 60.9 Å². The highest BCUT2D eigenvalue weighted by atomic mass is 32.1. The average Bonchev–Trinajstić information content (AvgIpc) is 3.20.